The number of carbonyl (C=O) groups excluding carboxylic acids is 1. The predicted octanol–water partition coefficient (Wildman–Crippen LogP) is 6.57. The number of nitrogens with one attached hydrogen (secondary N) is 2. The summed E-state index contributed by atoms with van der Waals surface area (Å²) >= 11 is 3.66. The van der Waals surface area contributed by atoms with Gasteiger partial charge in [-0.1, -0.05) is 30.3 Å². The van der Waals surface area contributed by atoms with Gasteiger partial charge in [-0.2, -0.15) is 0 Å². The fourth-order valence-corrected chi connectivity index (χ4v) is 7.43. The zero-order valence-electron chi connectivity index (χ0n) is 19.7. The van der Waals surface area contributed by atoms with Crippen molar-refractivity contribution >= 4 is 33.6 Å². The molecule has 6 heteroatoms. The quantitative estimate of drug-likeness (QED) is 0.406. The molecule has 33 heavy (non-hydrogen) atoms. The molecule has 0 amide bonds. The number of rotatable bonds is 5. The van der Waals surface area contributed by atoms with E-state index >= 15 is 0 Å². The Hall–Kier alpha value is -2.15. The summed E-state index contributed by atoms with van der Waals surface area (Å²) in [6.07, 6.45) is 5.42. The Labute approximate surface area is 204 Å². The molecule has 2 N–H and O–H groups in total. The van der Waals surface area contributed by atoms with Crippen LogP contribution in [0.5, 0.6) is 0 Å². The summed E-state index contributed by atoms with van der Waals surface area (Å²) < 4.78 is 5.83. The first-order chi connectivity index (χ1) is 15.9. The summed E-state index contributed by atoms with van der Waals surface area (Å²) in [7, 11) is 0. The average molecular weight is 481 g/mol. The third kappa shape index (κ3) is 4.75. The third-order valence-electron chi connectivity index (χ3n) is 6.27. The molecule has 1 aliphatic heterocycles. The van der Waals surface area contributed by atoms with Crippen LogP contribution in [0.4, 0.5) is 5.00 Å². The van der Waals surface area contributed by atoms with E-state index in [4.69, 9.17) is 4.74 Å². The van der Waals surface area contributed by atoms with Crippen molar-refractivity contribution in [3.63, 3.8) is 0 Å². The first-order valence-electron chi connectivity index (χ1n) is 11.9. The van der Waals surface area contributed by atoms with Gasteiger partial charge in [-0.3, -0.25) is 0 Å². The second kappa shape index (κ2) is 9.24. The molecule has 0 fully saturated rings. The Morgan fingerprint density at radius 1 is 1.03 bits per heavy atom. The van der Waals surface area contributed by atoms with Crippen LogP contribution in [-0.4, -0.2) is 18.1 Å². The van der Waals surface area contributed by atoms with Crippen LogP contribution in [-0.2, 0) is 37.1 Å². The molecule has 2 aliphatic rings. The summed E-state index contributed by atoms with van der Waals surface area (Å²) in [5.74, 6) is -0.191. The van der Waals surface area contributed by atoms with Crippen LogP contribution in [0.25, 0.3) is 10.4 Å². The second-order valence-corrected chi connectivity index (χ2v) is 12.1. The van der Waals surface area contributed by atoms with E-state index in [-0.39, 0.29) is 5.97 Å². The minimum atomic E-state index is -0.502. The smallest absolute Gasteiger partial charge is 0.341 e. The lowest BCUT2D eigenvalue weighted by Crippen LogP contribution is -2.25. The van der Waals surface area contributed by atoms with Crippen molar-refractivity contribution in [2.75, 3.05) is 11.9 Å². The monoisotopic (exact) mass is 480 g/mol. The molecule has 1 aliphatic carbocycles. The summed E-state index contributed by atoms with van der Waals surface area (Å²) in [5, 5.41) is 8.20. The molecule has 174 valence electrons. The van der Waals surface area contributed by atoms with Crippen molar-refractivity contribution in [2.45, 2.75) is 71.6 Å². The number of benzene rings is 1. The van der Waals surface area contributed by atoms with Gasteiger partial charge in [0.1, 0.15) is 10.6 Å². The molecule has 0 unspecified atom stereocenters. The molecule has 0 radical (unpaired) electrons. The van der Waals surface area contributed by atoms with E-state index in [1.165, 1.54) is 43.3 Å². The van der Waals surface area contributed by atoms with Crippen molar-refractivity contribution in [3.05, 3.63) is 62.3 Å². The Morgan fingerprint density at radius 3 is 2.61 bits per heavy atom. The van der Waals surface area contributed by atoms with Gasteiger partial charge in [0.2, 0.25) is 0 Å². The highest BCUT2D eigenvalue weighted by atomic mass is 32.1. The van der Waals surface area contributed by atoms with E-state index in [2.05, 4.69) is 41.0 Å². The molecule has 0 saturated carbocycles. The largest absolute Gasteiger partial charge is 0.456 e. The van der Waals surface area contributed by atoms with Gasteiger partial charge in [-0.05, 0) is 81.7 Å². The minimum absolute atomic E-state index is 0.191. The van der Waals surface area contributed by atoms with Gasteiger partial charge in [0.05, 0.1) is 5.56 Å². The molecule has 4 nitrogen and oxygen atoms in total. The predicted molar refractivity (Wildman–Crippen MR) is 139 cm³/mol. The number of esters is 1. The molecule has 0 spiro atoms. The van der Waals surface area contributed by atoms with E-state index in [0.717, 1.165) is 55.9 Å². The number of ether oxygens (including phenoxy) is 1. The maximum atomic E-state index is 13.2. The van der Waals surface area contributed by atoms with Crippen LogP contribution >= 0.6 is 22.7 Å². The van der Waals surface area contributed by atoms with Crippen LogP contribution in [0, 0.1) is 0 Å². The van der Waals surface area contributed by atoms with Gasteiger partial charge in [-0.15, -0.1) is 22.7 Å². The van der Waals surface area contributed by atoms with Crippen molar-refractivity contribution in [1.29, 1.82) is 0 Å². The topological polar surface area (TPSA) is 50.4 Å². The summed E-state index contributed by atoms with van der Waals surface area (Å²) in [5.41, 5.74) is 5.61. The molecule has 1 aromatic carbocycles. The summed E-state index contributed by atoms with van der Waals surface area (Å²) in [6.45, 7) is 8.50. The summed E-state index contributed by atoms with van der Waals surface area (Å²) in [4.78, 5) is 17.4. The Bertz CT molecular complexity index is 1160. The lowest BCUT2D eigenvalue weighted by Gasteiger charge is -2.21. The molecule has 0 saturated heterocycles. The van der Waals surface area contributed by atoms with Crippen molar-refractivity contribution in [2.24, 2.45) is 0 Å². The fourth-order valence-electron chi connectivity index (χ4n) is 4.81. The van der Waals surface area contributed by atoms with E-state index < -0.39 is 5.60 Å². The number of hydrogen-bond donors (Lipinski definition) is 2. The van der Waals surface area contributed by atoms with Crippen LogP contribution in [0.2, 0.25) is 0 Å². The highest BCUT2D eigenvalue weighted by Gasteiger charge is 2.29. The lowest BCUT2D eigenvalue weighted by molar-refractivity contribution is 0.00698. The zero-order chi connectivity index (χ0) is 23.0. The number of anilines is 1. The van der Waals surface area contributed by atoms with Crippen molar-refractivity contribution in [3.8, 4) is 10.4 Å². The van der Waals surface area contributed by atoms with Crippen LogP contribution in [0.1, 0.15) is 70.4 Å². The summed E-state index contributed by atoms with van der Waals surface area (Å²) in [6, 6.07) is 10.7. The van der Waals surface area contributed by atoms with E-state index in [1.807, 2.05) is 32.1 Å². The maximum absolute atomic E-state index is 13.2. The van der Waals surface area contributed by atoms with Crippen molar-refractivity contribution in [1.82, 2.24) is 5.32 Å². The maximum Gasteiger partial charge on any atom is 0.341 e. The van der Waals surface area contributed by atoms with Gasteiger partial charge in [-0.25, -0.2) is 4.79 Å². The highest BCUT2D eigenvalue weighted by molar-refractivity contribution is 7.17. The van der Waals surface area contributed by atoms with Crippen molar-refractivity contribution < 1.29 is 9.53 Å². The molecule has 0 atom stereocenters. The Morgan fingerprint density at radius 2 is 1.82 bits per heavy atom. The number of hydrogen-bond acceptors (Lipinski definition) is 6. The van der Waals surface area contributed by atoms with Gasteiger partial charge in [0, 0.05) is 27.7 Å². The molecule has 0 bridgehead atoms. The first kappa shape index (κ1) is 22.6. The molecular formula is C27H32N2O2S2. The molecular weight excluding hydrogens is 448 g/mol. The fraction of sp³-hybridized carbons (Fsp3) is 0.444. The average Bonchev–Trinajstić information content (AvgIpc) is 3.35. The molecule has 2 aromatic heterocycles. The Kier molecular flexibility index (Phi) is 6.34. The highest BCUT2D eigenvalue weighted by Crippen LogP contribution is 2.42. The normalized spacial score (nSPS) is 15.6. The Balaban J connectivity index is 1.50. The minimum Gasteiger partial charge on any atom is -0.456 e. The zero-order valence-corrected chi connectivity index (χ0v) is 21.3. The second-order valence-electron chi connectivity index (χ2n) is 9.87. The van der Waals surface area contributed by atoms with E-state index in [0.29, 0.717) is 0 Å². The van der Waals surface area contributed by atoms with Crippen LogP contribution in [0.3, 0.4) is 0 Å². The van der Waals surface area contributed by atoms with E-state index in [1.54, 1.807) is 11.3 Å². The number of fused-ring (bicyclic) bond motifs is 2. The number of aryl methyl sites for hydroxylation is 1. The molecule has 3 heterocycles. The SMILES string of the molecule is CC(C)(C)OC(=O)c1c(NCc2c(-c3ccccc3)sc3c2CCNC3)sc2c1CCCC2. The van der Waals surface area contributed by atoms with Gasteiger partial charge in [0.15, 0.2) is 0 Å². The third-order valence-corrected chi connectivity index (χ3v) is 8.85. The number of carbonyl (C=O) groups is 1. The van der Waals surface area contributed by atoms with Gasteiger partial charge < -0.3 is 15.4 Å². The van der Waals surface area contributed by atoms with E-state index in [9.17, 15) is 4.79 Å². The lowest BCUT2D eigenvalue weighted by atomic mass is 9.95. The van der Waals surface area contributed by atoms with Crippen LogP contribution < -0.4 is 10.6 Å². The van der Waals surface area contributed by atoms with Gasteiger partial charge in [0.25, 0.3) is 0 Å². The molecule has 5 rings (SSSR count). The standard InChI is InChI=1S/C27H32N2O2S2/c1-27(2,3)31-26(30)23-19-11-7-8-12-21(19)33-25(23)29-15-20-18-13-14-28-16-22(18)32-24(20)17-9-5-4-6-10-17/h4-6,9-10,28-29H,7-8,11-16H2,1-3H3. The van der Waals surface area contributed by atoms with Crippen LogP contribution in [0.15, 0.2) is 30.3 Å². The van der Waals surface area contributed by atoms with Gasteiger partial charge >= 0.3 is 5.97 Å². The molecule has 3 aromatic rings. The first-order valence-corrected chi connectivity index (χ1v) is 13.6. The number of thiophene rings is 2.